The number of nitrogens with one attached hydrogen (secondary N) is 1. The van der Waals surface area contributed by atoms with Gasteiger partial charge < -0.3 is 10.4 Å². The number of hydrogen-bond donors (Lipinski definition) is 2. The van der Waals surface area contributed by atoms with Crippen LogP contribution in [-0.4, -0.2) is 22.0 Å². The molecule has 0 aromatic carbocycles. The van der Waals surface area contributed by atoms with Gasteiger partial charge in [-0.05, 0) is 28.9 Å². The van der Waals surface area contributed by atoms with E-state index in [4.69, 9.17) is 5.11 Å². The van der Waals surface area contributed by atoms with E-state index in [0.717, 1.165) is 3.79 Å². The lowest BCUT2D eigenvalue weighted by Crippen LogP contribution is -2.26. The first-order chi connectivity index (χ1) is 8.97. The molecule has 0 aliphatic heterocycles. The first kappa shape index (κ1) is 14.2. The second-order valence-electron chi connectivity index (χ2n) is 3.71. The van der Waals surface area contributed by atoms with Gasteiger partial charge in [0, 0.05) is 10.8 Å². The summed E-state index contributed by atoms with van der Waals surface area (Å²) < 4.78 is 0.882. The summed E-state index contributed by atoms with van der Waals surface area (Å²) in [6, 6.07) is 1.40. The van der Waals surface area contributed by atoms with Gasteiger partial charge in [0.15, 0.2) is 5.69 Å². The molecule has 0 saturated heterocycles. The molecule has 2 aromatic rings. The molecule has 0 aliphatic rings. The number of nitrogens with zero attached hydrogens (tertiary/aromatic N) is 1. The predicted octanol–water partition coefficient (Wildman–Crippen LogP) is 3.16. The van der Waals surface area contributed by atoms with Crippen molar-refractivity contribution in [3.8, 4) is 0 Å². The highest BCUT2D eigenvalue weighted by molar-refractivity contribution is 9.11. The summed E-state index contributed by atoms with van der Waals surface area (Å²) in [6.45, 7) is 1.77. The number of thiophene rings is 1. The first-order valence-electron chi connectivity index (χ1n) is 5.21. The van der Waals surface area contributed by atoms with E-state index in [1.165, 1.54) is 28.1 Å². The predicted molar refractivity (Wildman–Crippen MR) is 77.0 cm³/mol. The summed E-state index contributed by atoms with van der Waals surface area (Å²) in [7, 11) is 0. The molecule has 2 aromatic heterocycles. The number of amides is 1. The summed E-state index contributed by atoms with van der Waals surface area (Å²) in [5, 5.41) is 15.4. The smallest absolute Gasteiger partial charge is 0.355 e. The number of aromatic carboxylic acids is 1. The fraction of sp³-hybridized carbons (Fsp3) is 0.182. The second-order valence-corrected chi connectivity index (χ2v) is 6.89. The van der Waals surface area contributed by atoms with Crippen LogP contribution in [0, 0.1) is 0 Å². The highest BCUT2D eigenvalue weighted by Crippen LogP contribution is 2.22. The van der Waals surface area contributed by atoms with Gasteiger partial charge in [-0.2, -0.15) is 0 Å². The highest BCUT2D eigenvalue weighted by atomic mass is 79.9. The zero-order valence-corrected chi connectivity index (χ0v) is 12.9. The van der Waals surface area contributed by atoms with Crippen molar-refractivity contribution in [3.63, 3.8) is 0 Å². The van der Waals surface area contributed by atoms with Crippen molar-refractivity contribution in [3.05, 3.63) is 36.9 Å². The Balaban J connectivity index is 2.05. The van der Waals surface area contributed by atoms with E-state index in [1.54, 1.807) is 18.4 Å². The SMILES string of the molecule is CC(NC(=O)c1csc(Br)c1)c1nc(C(=O)O)cs1. The van der Waals surface area contributed by atoms with E-state index in [0.29, 0.717) is 10.6 Å². The molecule has 0 aliphatic carbocycles. The van der Waals surface area contributed by atoms with Crippen LogP contribution in [0.15, 0.2) is 20.6 Å². The fourth-order valence-electron chi connectivity index (χ4n) is 1.36. The normalized spacial score (nSPS) is 12.1. The van der Waals surface area contributed by atoms with E-state index < -0.39 is 5.97 Å². The van der Waals surface area contributed by atoms with Gasteiger partial charge in [0.2, 0.25) is 0 Å². The van der Waals surface area contributed by atoms with Crippen LogP contribution in [0.4, 0.5) is 0 Å². The number of carbonyl (C=O) groups is 2. The first-order valence-corrected chi connectivity index (χ1v) is 7.76. The van der Waals surface area contributed by atoms with Crippen LogP contribution in [0.25, 0.3) is 0 Å². The number of aromatic nitrogens is 1. The second kappa shape index (κ2) is 5.81. The van der Waals surface area contributed by atoms with Gasteiger partial charge in [-0.15, -0.1) is 22.7 Å². The number of thiazole rings is 1. The van der Waals surface area contributed by atoms with Crippen LogP contribution in [-0.2, 0) is 0 Å². The van der Waals surface area contributed by atoms with Crippen molar-refractivity contribution in [1.29, 1.82) is 0 Å². The van der Waals surface area contributed by atoms with Gasteiger partial charge in [0.05, 0.1) is 15.4 Å². The molecule has 0 bridgehead atoms. The Bertz CT molecular complexity index is 623. The Morgan fingerprint density at radius 3 is 2.68 bits per heavy atom. The molecule has 5 nitrogen and oxygen atoms in total. The third kappa shape index (κ3) is 3.40. The Morgan fingerprint density at radius 1 is 1.42 bits per heavy atom. The van der Waals surface area contributed by atoms with Gasteiger partial charge in [-0.1, -0.05) is 0 Å². The quantitative estimate of drug-likeness (QED) is 0.877. The Morgan fingerprint density at radius 2 is 2.16 bits per heavy atom. The molecule has 0 spiro atoms. The zero-order valence-electron chi connectivity index (χ0n) is 9.71. The third-order valence-electron chi connectivity index (χ3n) is 2.29. The van der Waals surface area contributed by atoms with E-state index in [1.807, 2.05) is 0 Å². The number of rotatable bonds is 4. The van der Waals surface area contributed by atoms with E-state index in [2.05, 4.69) is 26.2 Å². The monoisotopic (exact) mass is 360 g/mol. The lowest BCUT2D eigenvalue weighted by atomic mass is 10.3. The highest BCUT2D eigenvalue weighted by Gasteiger charge is 2.17. The molecule has 1 unspecified atom stereocenters. The van der Waals surface area contributed by atoms with Crippen LogP contribution in [0.2, 0.25) is 0 Å². The number of halogens is 1. The van der Waals surface area contributed by atoms with E-state index >= 15 is 0 Å². The summed E-state index contributed by atoms with van der Waals surface area (Å²) in [4.78, 5) is 26.6. The van der Waals surface area contributed by atoms with Crippen LogP contribution in [0.5, 0.6) is 0 Å². The van der Waals surface area contributed by atoms with Crippen molar-refractivity contribution in [2.24, 2.45) is 0 Å². The molecule has 1 atom stereocenters. The number of hydrogen-bond acceptors (Lipinski definition) is 5. The molecule has 2 N–H and O–H groups in total. The summed E-state index contributed by atoms with van der Waals surface area (Å²) in [6.07, 6.45) is 0. The topological polar surface area (TPSA) is 79.3 Å². The molecule has 8 heteroatoms. The van der Waals surface area contributed by atoms with Crippen molar-refractivity contribution in [1.82, 2.24) is 10.3 Å². The fourth-order valence-corrected chi connectivity index (χ4v) is 3.29. The Labute approximate surface area is 125 Å². The number of carboxylic acids is 1. The average Bonchev–Trinajstić information content (AvgIpc) is 2.96. The van der Waals surface area contributed by atoms with Crippen LogP contribution >= 0.6 is 38.6 Å². The van der Waals surface area contributed by atoms with Crippen molar-refractivity contribution < 1.29 is 14.7 Å². The largest absolute Gasteiger partial charge is 0.476 e. The lowest BCUT2D eigenvalue weighted by molar-refractivity contribution is 0.0691. The minimum absolute atomic E-state index is 0.000577. The van der Waals surface area contributed by atoms with Crippen molar-refractivity contribution >= 4 is 50.5 Å². The Kier molecular flexibility index (Phi) is 4.33. The molecule has 0 fully saturated rings. The van der Waals surface area contributed by atoms with Crippen LogP contribution < -0.4 is 5.32 Å². The molecule has 2 heterocycles. The molecule has 0 radical (unpaired) electrons. The summed E-state index contributed by atoms with van der Waals surface area (Å²) in [5.74, 6) is -1.27. The zero-order chi connectivity index (χ0) is 14.0. The number of carbonyl (C=O) groups excluding carboxylic acids is 1. The third-order valence-corrected chi connectivity index (χ3v) is 4.82. The van der Waals surface area contributed by atoms with Crippen molar-refractivity contribution in [2.45, 2.75) is 13.0 Å². The van der Waals surface area contributed by atoms with Crippen molar-refractivity contribution in [2.75, 3.05) is 0 Å². The summed E-state index contributed by atoms with van der Waals surface area (Å²) >= 11 is 5.94. The van der Waals surface area contributed by atoms with Crippen LogP contribution in [0.3, 0.4) is 0 Å². The molecule has 19 heavy (non-hydrogen) atoms. The van der Waals surface area contributed by atoms with Gasteiger partial charge in [-0.3, -0.25) is 4.79 Å². The summed E-state index contributed by atoms with van der Waals surface area (Å²) in [5.41, 5.74) is 0.568. The standard InChI is InChI=1S/C11H9BrN2O3S2/c1-5(10-14-7(4-19-10)11(16)17)13-9(15)6-2-8(12)18-3-6/h2-5H,1H3,(H,13,15)(H,16,17). The van der Waals surface area contributed by atoms with Crippen LogP contribution in [0.1, 0.15) is 38.8 Å². The molecule has 0 saturated carbocycles. The maximum absolute atomic E-state index is 11.9. The van der Waals surface area contributed by atoms with Gasteiger partial charge in [-0.25, -0.2) is 9.78 Å². The Hall–Kier alpha value is -1.25. The van der Waals surface area contributed by atoms with Gasteiger partial charge in [0.1, 0.15) is 5.01 Å². The maximum Gasteiger partial charge on any atom is 0.355 e. The minimum atomic E-state index is -1.07. The van der Waals surface area contributed by atoms with E-state index in [-0.39, 0.29) is 17.6 Å². The van der Waals surface area contributed by atoms with Gasteiger partial charge in [0.25, 0.3) is 5.91 Å². The molecular formula is C11H9BrN2O3S2. The maximum atomic E-state index is 11.9. The average molecular weight is 361 g/mol. The van der Waals surface area contributed by atoms with E-state index in [9.17, 15) is 9.59 Å². The molecule has 100 valence electrons. The molecular weight excluding hydrogens is 352 g/mol. The lowest BCUT2D eigenvalue weighted by Gasteiger charge is -2.10. The van der Waals surface area contributed by atoms with Gasteiger partial charge >= 0.3 is 5.97 Å². The molecule has 2 rings (SSSR count). The molecule has 1 amide bonds. The number of carboxylic acid groups (broad SMARTS) is 1. The minimum Gasteiger partial charge on any atom is -0.476 e.